The van der Waals surface area contributed by atoms with Crippen LogP contribution in [0.25, 0.3) is 10.2 Å². The summed E-state index contributed by atoms with van der Waals surface area (Å²) in [6, 6.07) is 14.3. The van der Waals surface area contributed by atoms with Crippen LogP contribution in [0.4, 0.5) is 0 Å². The normalized spacial score (nSPS) is 12.0. The maximum absolute atomic E-state index is 12.2. The quantitative estimate of drug-likeness (QED) is 0.749. The number of carbonyl (C=O) groups excluding carboxylic acids is 2. The van der Waals surface area contributed by atoms with E-state index in [4.69, 9.17) is 5.73 Å². The van der Waals surface area contributed by atoms with Gasteiger partial charge in [-0.05, 0) is 36.4 Å². The number of aromatic nitrogens is 1. The lowest BCUT2D eigenvalue weighted by Crippen LogP contribution is -2.27. The number of nitrogens with two attached hydrogens (primary N) is 1. The van der Waals surface area contributed by atoms with Gasteiger partial charge in [0.05, 0.1) is 15.2 Å². The lowest BCUT2D eigenvalue weighted by molar-refractivity contribution is 0.0949. The molecule has 0 aliphatic rings. The summed E-state index contributed by atoms with van der Waals surface area (Å²) >= 11 is 1.64. The third-order valence-corrected chi connectivity index (χ3v) is 5.00. The van der Waals surface area contributed by atoms with Gasteiger partial charge in [-0.1, -0.05) is 19.1 Å². The van der Waals surface area contributed by atoms with Crippen molar-refractivity contribution >= 4 is 33.4 Å². The second kappa shape index (κ2) is 6.80. The fourth-order valence-corrected chi connectivity index (χ4v) is 3.34. The highest BCUT2D eigenvalue weighted by atomic mass is 32.1. The van der Waals surface area contributed by atoms with E-state index in [0.717, 1.165) is 15.2 Å². The average molecular weight is 339 g/mol. The maximum Gasteiger partial charge on any atom is 0.251 e. The van der Waals surface area contributed by atoms with E-state index >= 15 is 0 Å². The van der Waals surface area contributed by atoms with Crippen molar-refractivity contribution in [2.24, 2.45) is 5.73 Å². The number of rotatable bonds is 5. The van der Waals surface area contributed by atoms with Gasteiger partial charge in [0.15, 0.2) is 0 Å². The third kappa shape index (κ3) is 3.44. The van der Waals surface area contributed by atoms with Crippen LogP contribution in [0.15, 0.2) is 48.5 Å². The van der Waals surface area contributed by atoms with Crippen LogP contribution in [0.5, 0.6) is 0 Å². The van der Waals surface area contributed by atoms with Gasteiger partial charge in [0.1, 0.15) is 0 Å². The van der Waals surface area contributed by atoms with Gasteiger partial charge in [0, 0.05) is 23.6 Å². The number of hydrogen-bond donors (Lipinski definition) is 2. The summed E-state index contributed by atoms with van der Waals surface area (Å²) in [6.45, 7) is 2.53. The first-order valence-corrected chi connectivity index (χ1v) is 8.40. The van der Waals surface area contributed by atoms with Gasteiger partial charge >= 0.3 is 0 Å². The van der Waals surface area contributed by atoms with Crippen LogP contribution >= 0.6 is 11.3 Å². The Morgan fingerprint density at radius 2 is 1.79 bits per heavy atom. The van der Waals surface area contributed by atoms with E-state index in [1.54, 1.807) is 35.6 Å². The standard InChI is InChI=1S/C18H17N3O2S/c1-11(18-21-14-4-2-3-5-15(14)24-18)10-20-17(23)13-8-6-12(7-9-13)16(19)22/h2-9,11H,10H2,1H3,(H2,19,22)(H,20,23). The number of nitrogens with zero attached hydrogens (tertiary/aromatic N) is 1. The van der Waals surface area contributed by atoms with E-state index in [-0.39, 0.29) is 11.8 Å². The predicted molar refractivity (Wildman–Crippen MR) is 95.3 cm³/mol. The minimum absolute atomic E-state index is 0.122. The molecule has 2 aromatic carbocycles. The molecule has 0 fully saturated rings. The molecule has 0 saturated heterocycles. The van der Waals surface area contributed by atoms with E-state index in [2.05, 4.69) is 10.3 Å². The Bertz CT molecular complexity index is 854. The van der Waals surface area contributed by atoms with E-state index in [9.17, 15) is 9.59 Å². The van der Waals surface area contributed by atoms with Crippen LogP contribution in [-0.2, 0) is 0 Å². The zero-order chi connectivity index (χ0) is 17.1. The second-order valence-corrected chi connectivity index (χ2v) is 6.63. The van der Waals surface area contributed by atoms with Gasteiger partial charge < -0.3 is 11.1 Å². The molecule has 122 valence electrons. The first-order valence-electron chi connectivity index (χ1n) is 7.58. The number of nitrogens with one attached hydrogen (secondary N) is 1. The number of benzene rings is 2. The molecule has 1 atom stereocenters. The summed E-state index contributed by atoms with van der Waals surface area (Å²) in [5.41, 5.74) is 7.05. The van der Waals surface area contributed by atoms with Gasteiger partial charge in [-0.2, -0.15) is 0 Å². The highest BCUT2D eigenvalue weighted by Crippen LogP contribution is 2.26. The van der Waals surface area contributed by atoms with E-state index in [1.165, 1.54) is 0 Å². The summed E-state index contributed by atoms with van der Waals surface area (Å²) in [5, 5.41) is 3.90. The molecular formula is C18H17N3O2S. The zero-order valence-corrected chi connectivity index (χ0v) is 14.0. The van der Waals surface area contributed by atoms with Crippen LogP contribution in [-0.4, -0.2) is 23.3 Å². The van der Waals surface area contributed by atoms with Crippen LogP contribution in [0.2, 0.25) is 0 Å². The van der Waals surface area contributed by atoms with Crippen molar-refractivity contribution in [1.29, 1.82) is 0 Å². The van der Waals surface area contributed by atoms with Gasteiger partial charge in [0.2, 0.25) is 5.91 Å². The van der Waals surface area contributed by atoms with Crippen molar-refractivity contribution in [3.63, 3.8) is 0 Å². The monoisotopic (exact) mass is 339 g/mol. The molecule has 0 saturated carbocycles. The zero-order valence-electron chi connectivity index (χ0n) is 13.2. The smallest absolute Gasteiger partial charge is 0.251 e. The van der Waals surface area contributed by atoms with Crippen LogP contribution in [0.1, 0.15) is 38.6 Å². The Labute approximate surface area is 143 Å². The van der Waals surface area contributed by atoms with Gasteiger partial charge in [-0.25, -0.2) is 4.98 Å². The fourth-order valence-electron chi connectivity index (χ4n) is 2.32. The van der Waals surface area contributed by atoms with Gasteiger partial charge in [0.25, 0.3) is 5.91 Å². The van der Waals surface area contributed by atoms with Crippen molar-refractivity contribution in [2.75, 3.05) is 6.54 Å². The molecule has 6 heteroatoms. The lowest BCUT2D eigenvalue weighted by atomic mass is 10.1. The largest absolute Gasteiger partial charge is 0.366 e. The molecule has 0 aliphatic carbocycles. The van der Waals surface area contributed by atoms with Crippen molar-refractivity contribution < 1.29 is 9.59 Å². The van der Waals surface area contributed by atoms with Crippen LogP contribution in [0.3, 0.4) is 0 Å². The molecule has 1 heterocycles. The lowest BCUT2D eigenvalue weighted by Gasteiger charge is -2.10. The highest BCUT2D eigenvalue weighted by molar-refractivity contribution is 7.18. The number of hydrogen-bond acceptors (Lipinski definition) is 4. The first kappa shape index (κ1) is 16.1. The van der Waals surface area contributed by atoms with Crippen molar-refractivity contribution in [3.05, 3.63) is 64.7 Å². The Morgan fingerprint density at radius 3 is 2.46 bits per heavy atom. The van der Waals surface area contributed by atoms with Crippen molar-refractivity contribution in [2.45, 2.75) is 12.8 Å². The Balaban J connectivity index is 1.63. The maximum atomic E-state index is 12.2. The second-order valence-electron chi connectivity index (χ2n) is 5.57. The molecule has 1 unspecified atom stereocenters. The average Bonchev–Trinajstić information content (AvgIpc) is 3.03. The number of amides is 2. The number of para-hydroxylation sites is 1. The Morgan fingerprint density at radius 1 is 1.12 bits per heavy atom. The van der Waals surface area contributed by atoms with E-state index in [1.807, 2.05) is 31.2 Å². The number of fused-ring (bicyclic) bond motifs is 1. The molecule has 0 radical (unpaired) electrons. The summed E-state index contributed by atoms with van der Waals surface area (Å²) < 4.78 is 1.15. The minimum atomic E-state index is -0.508. The highest BCUT2D eigenvalue weighted by Gasteiger charge is 2.13. The molecule has 1 aromatic heterocycles. The molecule has 3 rings (SSSR count). The molecule has 2 amide bonds. The summed E-state index contributed by atoms with van der Waals surface area (Å²) in [4.78, 5) is 27.8. The number of carbonyl (C=O) groups is 2. The Hall–Kier alpha value is -2.73. The molecule has 3 aromatic rings. The van der Waals surface area contributed by atoms with Crippen LogP contribution < -0.4 is 11.1 Å². The van der Waals surface area contributed by atoms with E-state index in [0.29, 0.717) is 17.7 Å². The molecule has 3 N–H and O–H groups in total. The predicted octanol–water partition coefficient (Wildman–Crippen LogP) is 2.93. The molecular weight excluding hydrogens is 322 g/mol. The minimum Gasteiger partial charge on any atom is -0.366 e. The Kier molecular flexibility index (Phi) is 4.57. The van der Waals surface area contributed by atoms with Crippen LogP contribution in [0, 0.1) is 0 Å². The topological polar surface area (TPSA) is 85.1 Å². The first-order chi connectivity index (χ1) is 11.5. The summed E-state index contributed by atoms with van der Waals surface area (Å²) in [5.74, 6) is -0.568. The molecule has 0 aliphatic heterocycles. The third-order valence-electron chi connectivity index (χ3n) is 3.73. The molecule has 0 spiro atoms. The SMILES string of the molecule is CC(CNC(=O)c1ccc(C(N)=O)cc1)c1nc2ccccc2s1. The number of thiazole rings is 1. The van der Waals surface area contributed by atoms with Gasteiger partial charge in [-0.3, -0.25) is 9.59 Å². The summed E-state index contributed by atoms with van der Waals surface area (Å²) in [7, 11) is 0. The molecule has 5 nitrogen and oxygen atoms in total. The number of primary amides is 1. The van der Waals surface area contributed by atoms with Crippen molar-refractivity contribution in [1.82, 2.24) is 10.3 Å². The van der Waals surface area contributed by atoms with Crippen molar-refractivity contribution in [3.8, 4) is 0 Å². The van der Waals surface area contributed by atoms with E-state index < -0.39 is 5.91 Å². The fraction of sp³-hybridized carbons (Fsp3) is 0.167. The summed E-state index contributed by atoms with van der Waals surface area (Å²) in [6.07, 6.45) is 0. The van der Waals surface area contributed by atoms with Gasteiger partial charge in [-0.15, -0.1) is 11.3 Å². The molecule has 24 heavy (non-hydrogen) atoms. The molecule has 0 bridgehead atoms.